The van der Waals surface area contributed by atoms with Gasteiger partial charge in [0.15, 0.2) is 0 Å². The van der Waals surface area contributed by atoms with Crippen LogP contribution in [-0.4, -0.2) is 29.2 Å². The summed E-state index contributed by atoms with van der Waals surface area (Å²) in [6, 6.07) is 7.57. The number of nitrogens with one attached hydrogen (secondary N) is 1. The van der Waals surface area contributed by atoms with Gasteiger partial charge in [0.2, 0.25) is 5.91 Å². The molecule has 3 rings (SSSR count). The second kappa shape index (κ2) is 5.61. The van der Waals surface area contributed by atoms with Crippen molar-refractivity contribution in [3.63, 3.8) is 0 Å². The molecular formula is C15H14BrNO4. The molecule has 0 unspecified atom stereocenters. The predicted molar refractivity (Wildman–Crippen MR) is 78.4 cm³/mol. The molecule has 1 saturated heterocycles. The van der Waals surface area contributed by atoms with Crippen molar-refractivity contribution in [3.05, 3.63) is 46.5 Å². The SMILES string of the molecule is O=C(O)[C@@H]1[C@@H](C(=O)NCc2ccccc2Br)[C@H]2C=C[C@@H]1O2. The summed E-state index contributed by atoms with van der Waals surface area (Å²) in [5.41, 5.74) is 0.942. The fourth-order valence-electron chi connectivity index (χ4n) is 2.86. The fraction of sp³-hybridized carbons (Fsp3) is 0.333. The number of carboxylic acid groups (broad SMARTS) is 1. The summed E-state index contributed by atoms with van der Waals surface area (Å²) in [7, 11) is 0. The van der Waals surface area contributed by atoms with Gasteiger partial charge in [0, 0.05) is 11.0 Å². The van der Waals surface area contributed by atoms with Crippen LogP contribution >= 0.6 is 15.9 Å². The van der Waals surface area contributed by atoms with E-state index in [1.807, 2.05) is 24.3 Å². The van der Waals surface area contributed by atoms with Gasteiger partial charge >= 0.3 is 5.97 Å². The van der Waals surface area contributed by atoms with Crippen LogP contribution in [0.1, 0.15) is 5.56 Å². The lowest BCUT2D eigenvalue weighted by atomic mass is 9.82. The highest BCUT2D eigenvalue weighted by atomic mass is 79.9. The van der Waals surface area contributed by atoms with Crippen molar-refractivity contribution in [2.75, 3.05) is 0 Å². The number of carboxylic acids is 1. The number of amides is 1. The summed E-state index contributed by atoms with van der Waals surface area (Å²) in [6.45, 7) is 0.351. The summed E-state index contributed by atoms with van der Waals surface area (Å²) >= 11 is 3.42. The van der Waals surface area contributed by atoms with E-state index in [4.69, 9.17) is 4.74 Å². The Labute approximate surface area is 130 Å². The average molecular weight is 352 g/mol. The van der Waals surface area contributed by atoms with Gasteiger partial charge in [-0.15, -0.1) is 0 Å². The molecule has 1 fully saturated rings. The van der Waals surface area contributed by atoms with Crippen LogP contribution in [0.4, 0.5) is 0 Å². The smallest absolute Gasteiger partial charge is 0.310 e. The van der Waals surface area contributed by atoms with Crippen molar-refractivity contribution < 1.29 is 19.4 Å². The Morgan fingerprint density at radius 1 is 1.19 bits per heavy atom. The first-order valence-electron chi connectivity index (χ1n) is 6.65. The molecule has 21 heavy (non-hydrogen) atoms. The van der Waals surface area contributed by atoms with Crippen molar-refractivity contribution >= 4 is 27.8 Å². The van der Waals surface area contributed by atoms with Gasteiger partial charge < -0.3 is 15.2 Å². The molecule has 1 aromatic carbocycles. The lowest BCUT2D eigenvalue weighted by Crippen LogP contribution is -2.42. The van der Waals surface area contributed by atoms with E-state index in [-0.39, 0.29) is 5.91 Å². The molecule has 1 amide bonds. The van der Waals surface area contributed by atoms with Gasteiger partial charge in [-0.3, -0.25) is 9.59 Å². The number of carbonyl (C=O) groups excluding carboxylic acids is 1. The number of rotatable bonds is 4. The lowest BCUT2D eigenvalue weighted by Gasteiger charge is -2.21. The molecule has 0 radical (unpaired) electrons. The standard InChI is InChI=1S/C15H14BrNO4/c16-9-4-2-1-3-8(9)7-17-14(18)12-10-5-6-11(21-10)13(12)15(19)20/h1-6,10-13H,7H2,(H,17,18)(H,19,20)/t10-,11+,12+,13+/m1/s1. The van der Waals surface area contributed by atoms with Crippen molar-refractivity contribution in [2.24, 2.45) is 11.8 Å². The molecule has 2 bridgehead atoms. The number of hydrogen-bond acceptors (Lipinski definition) is 3. The topological polar surface area (TPSA) is 75.6 Å². The highest BCUT2D eigenvalue weighted by Crippen LogP contribution is 2.39. The van der Waals surface area contributed by atoms with E-state index in [9.17, 15) is 14.7 Å². The lowest BCUT2D eigenvalue weighted by molar-refractivity contribution is -0.146. The molecule has 4 atom stereocenters. The van der Waals surface area contributed by atoms with Crippen LogP contribution in [0.5, 0.6) is 0 Å². The van der Waals surface area contributed by atoms with E-state index >= 15 is 0 Å². The number of ether oxygens (including phenoxy) is 1. The van der Waals surface area contributed by atoms with Gasteiger partial charge in [-0.2, -0.15) is 0 Å². The third-order valence-corrected chi connectivity index (χ3v) is 4.67. The molecule has 1 aromatic rings. The number of benzene rings is 1. The van der Waals surface area contributed by atoms with Crippen LogP contribution in [0, 0.1) is 11.8 Å². The minimum absolute atomic E-state index is 0.282. The summed E-state index contributed by atoms with van der Waals surface area (Å²) < 4.78 is 6.40. The molecule has 0 aliphatic carbocycles. The van der Waals surface area contributed by atoms with Gasteiger partial charge in [0.05, 0.1) is 18.1 Å². The first-order valence-corrected chi connectivity index (χ1v) is 7.45. The van der Waals surface area contributed by atoms with Crippen molar-refractivity contribution in [1.82, 2.24) is 5.32 Å². The third kappa shape index (κ3) is 2.61. The fourth-order valence-corrected chi connectivity index (χ4v) is 3.28. The molecular weight excluding hydrogens is 338 g/mol. The number of halogens is 1. The van der Waals surface area contributed by atoms with Crippen molar-refractivity contribution in [2.45, 2.75) is 18.8 Å². The van der Waals surface area contributed by atoms with Crippen molar-refractivity contribution in [1.29, 1.82) is 0 Å². The molecule has 110 valence electrons. The number of carbonyl (C=O) groups is 2. The van der Waals surface area contributed by atoms with Crippen LogP contribution in [-0.2, 0) is 20.9 Å². The predicted octanol–water partition coefficient (Wildman–Crippen LogP) is 1.72. The zero-order chi connectivity index (χ0) is 15.0. The molecule has 6 heteroatoms. The second-order valence-electron chi connectivity index (χ2n) is 5.15. The molecule has 2 heterocycles. The largest absolute Gasteiger partial charge is 0.481 e. The Bertz CT molecular complexity index is 615. The molecule has 2 aliphatic heterocycles. The van der Waals surface area contributed by atoms with E-state index in [0.717, 1.165) is 10.0 Å². The number of aliphatic carboxylic acids is 1. The van der Waals surface area contributed by atoms with Gasteiger partial charge in [-0.25, -0.2) is 0 Å². The molecule has 2 aliphatic rings. The first-order chi connectivity index (χ1) is 10.1. The maximum absolute atomic E-state index is 12.3. The van der Waals surface area contributed by atoms with Gasteiger partial charge in [-0.1, -0.05) is 46.3 Å². The Kier molecular flexibility index (Phi) is 3.82. The Morgan fingerprint density at radius 2 is 1.86 bits per heavy atom. The third-order valence-electron chi connectivity index (χ3n) is 3.90. The van der Waals surface area contributed by atoms with Crippen LogP contribution in [0.3, 0.4) is 0 Å². The van der Waals surface area contributed by atoms with Crippen LogP contribution in [0.15, 0.2) is 40.9 Å². The summed E-state index contributed by atoms with van der Waals surface area (Å²) in [4.78, 5) is 23.7. The van der Waals surface area contributed by atoms with E-state index in [1.54, 1.807) is 12.2 Å². The monoisotopic (exact) mass is 351 g/mol. The number of hydrogen-bond donors (Lipinski definition) is 2. The Morgan fingerprint density at radius 3 is 2.52 bits per heavy atom. The zero-order valence-electron chi connectivity index (χ0n) is 11.0. The van der Waals surface area contributed by atoms with Gasteiger partial charge in [0.1, 0.15) is 5.92 Å². The highest BCUT2D eigenvalue weighted by molar-refractivity contribution is 9.10. The second-order valence-corrected chi connectivity index (χ2v) is 6.00. The summed E-state index contributed by atoms with van der Waals surface area (Å²) in [6.07, 6.45) is 2.57. The van der Waals surface area contributed by atoms with E-state index in [2.05, 4.69) is 21.2 Å². The average Bonchev–Trinajstić information content (AvgIpc) is 3.06. The molecule has 0 aromatic heterocycles. The quantitative estimate of drug-likeness (QED) is 0.810. The van der Waals surface area contributed by atoms with Gasteiger partial charge in [-0.05, 0) is 11.6 Å². The number of fused-ring (bicyclic) bond motifs is 2. The Hall–Kier alpha value is -1.66. The molecule has 0 spiro atoms. The maximum atomic E-state index is 12.3. The Balaban J connectivity index is 1.69. The van der Waals surface area contributed by atoms with Gasteiger partial charge in [0.25, 0.3) is 0 Å². The minimum Gasteiger partial charge on any atom is -0.481 e. The van der Waals surface area contributed by atoms with Crippen LogP contribution < -0.4 is 5.32 Å². The van der Waals surface area contributed by atoms with Crippen molar-refractivity contribution in [3.8, 4) is 0 Å². The highest BCUT2D eigenvalue weighted by Gasteiger charge is 2.53. The molecule has 0 saturated carbocycles. The van der Waals surface area contributed by atoms with Crippen LogP contribution in [0.2, 0.25) is 0 Å². The van der Waals surface area contributed by atoms with Crippen LogP contribution in [0.25, 0.3) is 0 Å². The minimum atomic E-state index is -0.993. The zero-order valence-corrected chi connectivity index (χ0v) is 12.6. The van der Waals surface area contributed by atoms with E-state index in [1.165, 1.54) is 0 Å². The summed E-state index contributed by atoms with van der Waals surface area (Å²) in [5.74, 6) is -2.75. The van der Waals surface area contributed by atoms with E-state index < -0.39 is 30.0 Å². The first kappa shape index (κ1) is 14.3. The summed E-state index contributed by atoms with van der Waals surface area (Å²) in [5, 5.41) is 12.1. The normalized spacial score (nSPS) is 29.6. The van der Waals surface area contributed by atoms with E-state index in [0.29, 0.717) is 6.54 Å². The molecule has 5 nitrogen and oxygen atoms in total. The molecule has 2 N–H and O–H groups in total. The maximum Gasteiger partial charge on any atom is 0.310 e.